The number of nitrogens with two attached hydrogens (primary N) is 1. The summed E-state index contributed by atoms with van der Waals surface area (Å²) in [5.74, 6) is 0. The highest BCUT2D eigenvalue weighted by atomic mass is 16.3. The lowest BCUT2D eigenvalue weighted by molar-refractivity contribution is 0.158. The molecule has 72 valence electrons. The van der Waals surface area contributed by atoms with Gasteiger partial charge in [-0.1, -0.05) is 30.3 Å². The average Bonchev–Trinajstić information content (AvgIpc) is 2.04. The molecular weight excluding hydrogens is 162 g/mol. The molecule has 0 aliphatic heterocycles. The number of aliphatic hydroxyl groups excluding tert-OH is 1. The molecule has 13 heavy (non-hydrogen) atoms. The molecule has 0 radical (unpaired) electrons. The number of aliphatic hydroxyl groups is 1. The van der Waals surface area contributed by atoms with Crippen molar-refractivity contribution >= 4 is 0 Å². The van der Waals surface area contributed by atoms with Crippen LogP contribution in [0.25, 0.3) is 0 Å². The summed E-state index contributed by atoms with van der Waals surface area (Å²) in [5.41, 5.74) is 6.75. The first-order valence-electron chi connectivity index (χ1n) is 4.66. The molecule has 1 aromatic carbocycles. The fourth-order valence-electron chi connectivity index (χ4n) is 1.40. The van der Waals surface area contributed by atoms with E-state index < -0.39 is 0 Å². The van der Waals surface area contributed by atoms with E-state index in [-0.39, 0.29) is 12.1 Å². The highest BCUT2D eigenvalue weighted by Gasteiger charge is 2.07. The van der Waals surface area contributed by atoms with E-state index in [9.17, 15) is 5.11 Å². The van der Waals surface area contributed by atoms with Crippen LogP contribution in [-0.4, -0.2) is 17.3 Å². The number of rotatable bonds is 4. The van der Waals surface area contributed by atoms with E-state index in [0.717, 1.165) is 5.56 Å². The van der Waals surface area contributed by atoms with Gasteiger partial charge in [0.25, 0.3) is 0 Å². The van der Waals surface area contributed by atoms with Gasteiger partial charge in [-0.15, -0.1) is 0 Å². The normalized spacial score (nSPS) is 15.3. The molecule has 2 nitrogen and oxygen atoms in total. The molecule has 2 heteroatoms. The van der Waals surface area contributed by atoms with E-state index in [4.69, 9.17) is 5.73 Å². The van der Waals surface area contributed by atoms with Crippen molar-refractivity contribution < 1.29 is 5.11 Å². The summed E-state index contributed by atoms with van der Waals surface area (Å²) >= 11 is 0. The first-order valence-corrected chi connectivity index (χ1v) is 4.66. The van der Waals surface area contributed by atoms with Crippen molar-refractivity contribution in [1.29, 1.82) is 0 Å². The van der Waals surface area contributed by atoms with Crippen molar-refractivity contribution in [2.45, 2.75) is 31.9 Å². The maximum absolute atomic E-state index is 9.59. The lowest BCUT2D eigenvalue weighted by atomic mass is 10.0. The second-order valence-corrected chi connectivity index (χ2v) is 3.56. The molecule has 0 spiro atoms. The van der Waals surface area contributed by atoms with Crippen molar-refractivity contribution in [2.75, 3.05) is 0 Å². The van der Waals surface area contributed by atoms with Gasteiger partial charge in [0.15, 0.2) is 0 Å². The van der Waals surface area contributed by atoms with Crippen molar-refractivity contribution in [3.63, 3.8) is 0 Å². The van der Waals surface area contributed by atoms with Crippen molar-refractivity contribution in [3.05, 3.63) is 35.9 Å². The van der Waals surface area contributed by atoms with Crippen molar-refractivity contribution in [2.24, 2.45) is 5.73 Å². The Morgan fingerprint density at radius 3 is 2.46 bits per heavy atom. The smallest absolute Gasteiger partial charge is 0.0595 e. The molecule has 0 saturated carbocycles. The summed E-state index contributed by atoms with van der Waals surface area (Å²) < 4.78 is 0. The molecule has 0 saturated heterocycles. The third kappa shape index (κ3) is 4.06. The summed E-state index contributed by atoms with van der Waals surface area (Å²) in [6.45, 7) is 1.91. The van der Waals surface area contributed by atoms with Crippen LogP contribution < -0.4 is 5.73 Å². The number of benzene rings is 1. The second-order valence-electron chi connectivity index (χ2n) is 3.56. The van der Waals surface area contributed by atoms with Crippen LogP contribution in [0.2, 0.25) is 0 Å². The molecule has 1 rings (SSSR count). The van der Waals surface area contributed by atoms with Gasteiger partial charge >= 0.3 is 0 Å². The molecule has 0 unspecified atom stereocenters. The fourth-order valence-corrected chi connectivity index (χ4v) is 1.40. The Hall–Kier alpha value is -0.860. The Morgan fingerprint density at radius 1 is 1.31 bits per heavy atom. The monoisotopic (exact) mass is 179 g/mol. The first-order chi connectivity index (χ1) is 6.18. The Morgan fingerprint density at radius 2 is 1.92 bits per heavy atom. The molecule has 3 N–H and O–H groups in total. The van der Waals surface area contributed by atoms with Crippen LogP contribution in [0, 0.1) is 0 Å². The van der Waals surface area contributed by atoms with E-state index in [2.05, 4.69) is 0 Å². The van der Waals surface area contributed by atoms with Gasteiger partial charge in [-0.25, -0.2) is 0 Å². The maximum atomic E-state index is 9.59. The van der Waals surface area contributed by atoms with Crippen LogP contribution in [0.5, 0.6) is 0 Å². The fraction of sp³-hybridized carbons (Fsp3) is 0.455. The zero-order valence-electron chi connectivity index (χ0n) is 7.98. The predicted octanol–water partition coefficient (Wildman–Crippen LogP) is 1.33. The minimum atomic E-state index is -0.317. The Kier molecular flexibility index (Phi) is 3.93. The van der Waals surface area contributed by atoms with E-state index in [1.165, 1.54) is 0 Å². The van der Waals surface area contributed by atoms with Crippen LogP contribution in [0.4, 0.5) is 0 Å². The van der Waals surface area contributed by atoms with Gasteiger partial charge in [-0.05, 0) is 25.3 Å². The zero-order valence-corrected chi connectivity index (χ0v) is 7.98. The van der Waals surface area contributed by atoms with Gasteiger partial charge in [-0.3, -0.25) is 0 Å². The summed E-state index contributed by atoms with van der Waals surface area (Å²) in [5, 5.41) is 9.59. The standard InChI is InChI=1S/C11H17NO/c1-9(12)7-11(13)8-10-5-3-2-4-6-10/h2-6,9,11,13H,7-8,12H2,1H3/t9-,11+/m1/s1. The van der Waals surface area contributed by atoms with Gasteiger partial charge in [0.05, 0.1) is 6.10 Å². The molecule has 1 aromatic rings. The second kappa shape index (κ2) is 5.00. The van der Waals surface area contributed by atoms with Crippen LogP contribution in [-0.2, 0) is 6.42 Å². The molecule has 0 aromatic heterocycles. The topological polar surface area (TPSA) is 46.2 Å². The van der Waals surface area contributed by atoms with Gasteiger partial charge in [0.1, 0.15) is 0 Å². The molecule has 2 atom stereocenters. The molecule has 0 fully saturated rings. The Balaban J connectivity index is 2.41. The minimum Gasteiger partial charge on any atom is -0.393 e. The lowest BCUT2D eigenvalue weighted by Gasteiger charge is -2.12. The third-order valence-corrected chi connectivity index (χ3v) is 1.96. The molecular formula is C11H17NO. The Labute approximate surface area is 79.4 Å². The number of hydrogen-bond acceptors (Lipinski definition) is 2. The molecule has 0 amide bonds. The summed E-state index contributed by atoms with van der Waals surface area (Å²) in [4.78, 5) is 0. The van der Waals surface area contributed by atoms with Crippen LogP contribution in [0.3, 0.4) is 0 Å². The average molecular weight is 179 g/mol. The molecule has 0 heterocycles. The van der Waals surface area contributed by atoms with Gasteiger partial charge in [0, 0.05) is 6.04 Å². The van der Waals surface area contributed by atoms with Crippen LogP contribution in [0.1, 0.15) is 18.9 Å². The minimum absolute atomic E-state index is 0.0683. The lowest BCUT2D eigenvalue weighted by Crippen LogP contribution is -2.24. The van der Waals surface area contributed by atoms with Crippen molar-refractivity contribution in [1.82, 2.24) is 0 Å². The maximum Gasteiger partial charge on any atom is 0.0595 e. The SMILES string of the molecule is C[C@@H](N)C[C@H](O)Cc1ccccc1. The van der Waals surface area contributed by atoms with E-state index >= 15 is 0 Å². The van der Waals surface area contributed by atoms with E-state index in [0.29, 0.717) is 12.8 Å². The molecule has 0 aliphatic rings. The summed E-state index contributed by atoms with van der Waals surface area (Å²) in [7, 11) is 0. The summed E-state index contributed by atoms with van der Waals surface area (Å²) in [6.07, 6.45) is 1.04. The van der Waals surface area contributed by atoms with E-state index in [1.807, 2.05) is 37.3 Å². The van der Waals surface area contributed by atoms with Crippen LogP contribution >= 0.6 is 0 Å². The number of hydrogen-bond donors (Lipinski definition) is 2. The Bertz CT molecular complexity index is 233. The van der Waals surface area contributed by atoms with Gasteiger partial charge in [-0.2, -0.15) is 0 Å². The molecule has 0 aliphatic carbocycles. The highest BCUT2D eigenvalue weighted by molar-refractivity contribution is 5.15. The predicted molar refractivity (Wildman–Crippen MR) is 54.4 cm³/mol. The van der Waals surface area contributed by atoms with Crippen molar-refractivity contribution in [3.8, 4) is 0 Å². The molecule has 0 bridgehead atoms. The van der Waals surface area contributed by atoms with Gasteiger partial charge < -0.3 is 10.8 Å². The first kappa shape index (κ1) is 10.2. The van der Waals surface area contributed by atoms with Crippen LogP contribution in [0.15, 0.2) is 30.3 Å². The van der Waals surface area contributed by atoms with E-state index in [1.54, 1.807) is 0 Å². The highest BCUT2D eigenvalue weighted by Crippen LogP contribution is 2.06. The quantitative estimate of drug-likeness (QED) is 0.732. The third-order valence-electron chi connectivity index (χ3n) is 1.96. The largest absolute Gasteiger partial charge is 0.393 e. The van der Waals surface area contributed by atoms with Gasteiger partial charge in [0.2, 0.25) is 0 Å². The summed E-state index contributed by atoms with van der Waals surface area (Å²) in [6, 6.07) is 10.0. The zero-order chi connectivity index (χ0) is 9.68.